The van der Waals surface area contributed by atoms with Gasteiger partial charge in [0.2, 0.25) is 11.8 Å². The Labute approximate surface area is 114 Å². The van der Waals surface area contributed by atoms with E-state index in [0.717, 1.165) is 19.3 Å². The molecule has 5 nitrogen and oxygen atoms in total. The zero-order valence-electron chi connectivity index (χ0n) is 12.2. The fraction of sp³-hybridized carbons (Fsp3) is 0.857. The molecular formula is C14H24N2O3. The molecule has 1 N–H and O–H groups in total. The van der Waals surface area contributed by atoms with Crippen molar-refractivity contribution in [2.45, 2.75) is 64.3 Å². The van der Waals surface area contributed by atoms with Crippen LogP contribution in [0.5, 0.6) is 0 Å². The number of nitrogens with one attached hydrogen (secondary N) is 1. The molecule has 1 aliphatic heterocycles. The van der Waals surface area contributed by atoms with Crippen LogP contribution >= 0.6 is 0 Å². The lowest BCUT2D eigenvalue weighted by Crippen LogP contribution is -2.66. The monoisotopic (exact) mass is 268 g/mol. The lowest BCUT2D eigenvalue weighted by molar-refractivity contribution is -0.153. The van der Waals surface area contributed by atoms with Crippen molar-refractivity contribution in [2.75, 3.05) is 7.11 Å². The molecule has 1 saturated heterocycles. The molecule has 0 aromatic carbocycles. The lowest BCUT2D eigenvalue weighted by Gasteiger charge is -2.43. The Hall–Kier alpha value is -1.10. The van der Waals surface area contributed by atoms with E-state index in [9.17, 15) is 9.59 Å². The van der Waals surface area contributed by atoms with Crippen molar-refractivity contribution in [3.8, 4) is 0 Å². The Morgan fingerprint density at radius 1 is 1.32 bits per heavy atom. The first-order valence-corrected chi connectivity index (χ1v) is 7.11. The summed E-state index contributed by atoms with van der Waals surface area (Å²) in [6.45, 7) is 5.74. The largest absolute Gasteiger partial charge is 0.381 e. The van der Waals surface area contributed by atoms with Crippen LogP contribution < -0.4 is 5.32 Å². The minimum absolute atomic E-state index is 0.0250. The van der Waals surface area contributed by atoms with Crippen LogP contribution in [-0.4, -0.2) is 48.1 Å². The van der Waals surface area contributed by atoms with E-state index in [1.165, 1.54) is 0 Å². The van der Waals surface area contributed by atoms with Crippen LogP contribution in [0.4, 0.5) is 0 Å². The van der Waals surface area contributed by atoms with Crippen molar-refractivity contribution in [1.29, 1.82) is 0 Å². The first kappa shape index (κ1) is 14.3. The summed E-state index contributed by atoms with van der Waals surface area (Å²) in [4.78, 5) is 26.4. The molecular weight excluding hydrogens is 244 g/mol. The Bertz CT molecular complexity index is 370. The Morgan fingerprint density at radius 3 is 2.53 bits per heavy atom. The van der Waals surface area contributed by atoms with Gasteiger partial charge in [-0.15, -0.1) is 0 Å². The molecule has 0 bridgehead atoms. The highest BCUT2D eigenvalue weighted by Gasteiger charge is 2.45. The third-order valence-corrected chi connectivity index (χ3v) is 4.27. The standard InChI is InChI=1S/C14H24N2O3/c1-8(2)12-13(17)15-9(3)14(18)16(12)10-5-6-11(7-10)19-4/h8-12H,5-7H2,1-4H3,(H,15,17). The van der Waals surface area contributed by atoms with Crippen molar-refractivity contribution in [2.24, 2.45) is 5.92 Å². The molecule has 0 aromatic heterocycles. The number of methoxy groups -OCH3 is 1. The number of nitrogens with zero attached hydrogens (tertiary/aromatic N) is 1. The number of piperazine rings is 1. The second-order valence-corrected chi connectivity index (χ2v) is 5.99. The highest BCUT2D eigenvalue weighted by molar-refractivity contribution is 5.97. The zero-order valence-corrected chi connectivity index (χ0v) is 12.2. The molecule has 2 fully saturated rings. The van der Waals surface area contributed by atoms with E-state index in [4.69, 9.17) is 4.74 Å². The van der Waals surface area contributed by atoms with Gasteiger partial charge < -0.3 is 15.0 Å². The summed E-state index contributed by atoms with van der Waals surface area (Å²) in [7, 11) is 1.71. The molecule has 1 saturated carbocycles. The highest BCUT2D eigenvalue weighted by Crippen LogP contribution is 2.31. The van der Waals surface area contributed by atoms with Crippen molar-refractivity contribution in [1.82, 2.24) is 10.2 Å². The number of hydrogen-bond acceptors (Lipinski definition) is 3. The van der Waals surface area contributed by atoms with Gasteiger partial charge in [-0.2, -0.15) is 0 Å². The molecule has 2 aliphatic rings. The van der Waals surface area contributed by atoms with E-state index in [1.54, 1.807) is 14.0 Å². The lowest BCUT2D eigenvalue weighted by atomic mass is 9.95. The van der Waals surface area contributed by atoms with E-state index in [2.05, 4.69) is 5.32 Å². The maximum absolute atomic E-state index is 12.4. The van der Waals surface area contributed by atoms with Gasteiger partial charge in [0.15, 0.2) is 0 Å². The van der Waals surface area contributed by atoms with E-state index >= 15 is 0 Å². The summed E-state index contributed by atoms with van der Waals surface area (Å²) in [6.07, 6.45) is 2.94. The van der Waals surface area contributed by atoms with Gasteiger partial charge in [0.25, 0.3) is 0 Å². The third-order valence-electron chi connectivity index (χ3n) is 4.27. The summed E-state index contributed by atoms with van der Waals surface area (Å²) < 4.78 is 5.38. The predicted octanol–water partition coefficient (Wildman–Crippen LogP) is 0.925. The first-order chi connectivity index (χ1) is 8.95. The first-order valence-electron chi connectivity index (χ1n) is 7.11. The van der Waals surface area contributed by atoms with E-state index < -0.39 is 6.04 Å². The second-order valence-electron chi connectivity index (χ2n) is 5.99. The molecule has 4 unspecified atom stereocenters. The Balaban J connectivity index is 2.21. The summed E-state index contributed by atoms with van der Waals surface area (Å²) in [5.41, 5.74) is 0. The van der Waals surface area contributed by atoms with Gasteiger partial charge in [-0.05, 0) is 32.1 Å². The van der Waals surface area contributed by atoms with Gasteiger partial charge in [-0.25, -0.2) is 0 Å². The van der Waals surface area contributed by atoms with Gasteiger partial charge in [-0.3, -0.25) is 9.59 Å². The SMILES string of the molecule is COC1CCC(N2C(=O)C(C)NC(=O)C2C(C)C)C1. The van der Waals surface area contributed by atoms with Crippen LogP contribution in [0.15, 0.2) is 0 Å². The van der Waals surface area contributed by atoms with Crippen LogP contribution in [-0.2, 0) is 14.3 Å². The van der Waals surface area contributed by atoms with E-state index in [-0.39, 0.29) is 35.9 Å². The molecule has 0 aromatic rings. The van der Waals surface area contributed by atoms with Crippen LogP contribution in [0.2, 0.25) is 0 Å². The third kappa shape index (κ3) is 2.61. The second kappa shape index (κ2) is 5.49. The Kier molecular flexibility index (Phi) is 4.13. The van der Waals surface area contributed by atoms with Crippen LogP contribution in [0, 0.1) is 5.92 Å². The van der Waals surface area contributed by atoms with Crippen molar-refractivity contribution < 1.29 is 14.3 Å². The minimum atomic E-state index is -0.413. The molecule has 108 valence electrons. The minimum Gasteiger partial charge on any atom is -0.381 e. The number of carbonyl (C=O) groups excluding carboxylic acids is 2. The number of ether oxygens (including phenoxy) is 1. The summed E-state index contributed by atoms with van der Waals surface area (Å²) in [6, 6.07) is -0.619. The molecule has 4 atom stereocenters. The average Bonchev–Trinajstić information content (AvgIpc) is 2.81. The molecule has 2 amide bonds. The predicted molar refractivity (Wildman–Crippen MR) is 71.5 cm³/mol. The molecule has 2 rings (SSSR count). The number of rotatable bonds is 3. The quantitative estimate of drug-likeness (QED) is 0.828. The van der Waals surface area contributed by atoms with Gasteiger partial charge in [0.1, 0.15) is 12.1 Å². The average molecular weight is 268 g/mol. The highest BCUT2D eigenvalue weighted by atomic mass is 16.5. The molecule has 19 heavy (non-hydrogen) atoms. The Morgan fingerprint density at radius 2 is 2.00 bits per heavy atom. The molecule has 1 aliphatic carbocycles. The molecule has 0 spiro atoms. The topological polar surface area (TPSA) is 58.6 Å². The summed E-state index contributed by atoms with van der Waals surface area (Å²) >= 11 is 0. The van der Waals surface area contributed by atoms with E-state index in [0.29, 0.717) is 0 Å². The van der Waals surface area contributed by atoms with Crippen LogP contribution in [0.25, 0.3) is 0 Å². The maximum atomic E-state index is 12.4. The van der Waals surface area contributed by atoms with Gasteiger partial charge in [0, 0.05) is 13.2 Å². The molecule has 5 heteroatoms. The van der Waals surface area contributed by atoms with E-state index in [1.807, 2.05) is 18.7 Å². The van der Waals surface area contributed by atoms with Gasteiger partial charge in [0.05, 0.1) is 6.10 Å². The molecule has 1 heterocycles. The van der Waals surface area contributed by atoms with Crippen LogP contribution in [0.3, 0.4) is 0 Å². The number of hydrogen-bond donors (Lipinski definition) is 1. The zero-order chi connectivity index (χ0) is 14.2. The van der Waals surface area contributed by atoms with Gasteiger partial charge in [-0.1, -0.05) is 13.8 Å². The number of amides is 2. The summed E-state index contributed by atoms with van der Waals surface area (Å²) in [5.74, 6) is 0.140. The van der Waals surface area contributed by atoms with Crippen LogP contribution in [0.1, 0.15) is 40.0 Å². The fourth-order valence-electron chi connectivity index (χ4n) is 3.26. The van der Waals surface area contributed by atoms with Crippen molar-refractivity contribution >= 4 is 11.8 Å². The number of carbonyl (C=O) groups is 2. The van der Waals surface area contributed by atoms with Crippen molar-refractivity contribution in [3.05, 3.63) is 0 Å². The summed E-state index contributed by atoms with van der Waals surface area (Å²) in [5, 5.41) is 2.78. The maximum Gasteiger partial charge on any atom is 0.245 e. The van der Waals surface area contributed by atoms with Crippen molar-refractivity contribution in [3.63, 3.8) is 0 Å². The molecule has 0 radical (unpaired) electrons. The normalized spacial score (nSPS) is 35.9. The fourth-order valence-corrected chi connectivity index (χ4v) is 3.26. The smallest absolute Gasteiger partial charge is 0.245 e. The van der Waals surface area contributed by atoms with Gasteiger partial charge >= 0.3 is 0 Å².